The minimum absolute atomic E-state index is 0.616. The molecule has 0 spiro atoms. The molecule has 0 heteroatoms. The van der Waals surface area contributed by atoms with E-state index in [9.17, 15) is 0 Å². The molecule has 0 aliphatic carbocycles. The molecule has 0 heterocycles. The molecular formula is C7H16. The summed E-state index contributed by atoms with van der Waals surface area (Å²) in [5.74, 6) is 0. The summed E-state index contributed by atoms with van der Waals surface area (Å²) in [5.41, 5.74) is -3.85. The summed E-state index contributed by atoms with van der Waals surface area (Å²) in [6.07, 6.45) is -6.65. The summed E-state index contributed by atoms with van der Waals surface area (Å²) >= 11 is 0. The fourth-order valence-corrected chi connectivity index (χ4v) is 0.188. The van der Waals surface area contributed by atoms with Crippen molar-refractivity contribution < 1.29 is 17.8 Å². The highest BCUT2D eigenvalue weighted by Crippen LogP contribution is 2.19. The molecule has 0 saturated carbocycles. The van der Waals surface area contributed by atoms with Gasteiger partial charge in [0.25, 0.3) is 0 Å². The predicted molar refractivity (Wildman–Crippen MR) is 34.4 cm³/mol. The maximum absolute atomic E-state index is 7.66. The van der Waals surface area contributed by atoms with Crippen LogP contribution in [-0.4, -0.2) is 0 Å². The molecule has 0 aromatic heterocycles. The second-order valence-corrected chi connectivity index (χ2v) is 1.12. The Morgan fingerprint density at radius 1 is 1.57 bits per heavy atom. The maximum atomic E-state index is 7.66. The standard InChI is InChI=1S/C7H16/c1-5-6-7(2,3)4/h5-6H2,1-4H3/i2D3,3D3,4D3,5D2,6D2. The zero-order valence-electron chi connectivity index (χ0n) is 17.0. The van der Waals surface area contributed by atoms with E-state index in [-0.39, 0.29) is 0 Å². The summed E-state index contributed by atoms with van der Waals surface area (Å²) in [6.45, 7) is -10.7. The molecule has 0 saturated heterocycles. The zero-order valence-corrected chi connectivity index (χ0v) is 4.00. The Balaban J connectivity index is 6.83. The van der Waals surface area contributed by atoms with Crippen LogP contribution in [0.1, 0.15) is 58.0 Å². The van der Waals surface area contributed by atoms with E-state index < -0.39 is 38.7 Å². The molecule has 0 atom stereocenters. The number of hydrogen-bond acceptors (Lipinski definition) is 0. The van der Waals surface area contributed by atoms with Gasteiger partial charge in [-0.3, -0.25) is 0 Å². The van der Waals surface area contributed by atoms with Gasteiger partial charge < -0.3 is 0 Å². The molecule has 0 fully saturated rings. The van der Waals surface area contributed by atoms with Crippen molar-refractivity contribution in [1.29, 1.82) is 0 Å². The first kappa shape index (κ1) is 0.698. The molecule has 0 bridgehead atoms. The lowest BCUT2D eigenvalue weighted by molar-refractivity contribution is 0.373. The van der Waals surface area contributed by atoms with E-state index in [2.05, 4.69) is 0 Å². The first-order valence-corrected chi connectivity index (χ1v) is 1.75. The molecule has 0 aliphatic rings. The molecule has 44 valence electrons. The van der Waals surface area contributed by atoms with Crippen LogP contribution in [0, 0.1) is 5.41 Å². The summed E-state index contributed by atoms with van der Waals surface area (Å²) in [5, 5.41) is 0. The van der Waals surface area contributed by atoms with Crippen LogP contribution in [0.5, 0.6) is 0 Å². The molecule has 0 rings (SSSR count). The van der Waals surface area contributed by atoms with E-state index in [0.29, 0.717) is 6.92 Å². The molecule has 0 unspecified atom stereocenters. The SMILES string of the molecule is [2H]C([2H])([2H])C(C([2H])([2H])[2H])(C([2H])([2H])[2H])C([2H])([2H])C([2H])([2H])C. The highest BCUT2D eigenvalue weighted by Gasteiger charge is 2.06. The topological polar surface area (TPSA) is 0 Å². The van der Waals surface area contributed by atoms with E-state index in [1.165, 1.54) is 0 Å². The normalized spacial score (nSPS) is 49.0. The van der Waals surface area contributed by atoms with Gasteiger partial charge in [0.05, 0.1) is 0 Å². The fourth-order valence-electron chi connectivity index (χ4n) is 0.188. The van der Waals surface area contributed by atoms with Gasteiger partial charge in [0, 0.05) is 17.8 Å². The molecule has 0 aromatic rings. The van der Waals surface area contributed by atoms with Crippen molar-refractivity contribution in [2.75, 3.05) is 0 Å². The van der Waals surface area contributed by atoms with Crippen molar-refractivity contribution in [3.05, 3.63) is 0 Å². The lowest BCUT2D eigenvalue weighted by Gasteiger charge is -2.15. The van der Waals surface area contributed by atoms with E-state index in [0.717, 1.165) is 0 Å². The molecule has 0 aliphatic heterocycles. The summed E-state index contributed by atoms with van der Waals surface area (Å²) in [6, 6.07) is 0. The number of hydrogen-bond donors (Lipinski definition) is 0. The lowest BCUT2D eigenvalue weighted by Crippen LogP contribution is -2.02. The molecule has 0 aromatic carbocycles. The van der Waals surface area contributed by atoms with Crippen LogP contribution in [-0.2, 0) is 0 Å². The van der Waals surface area contributed by atoms with Crippen LogP contribution in [0.4, 0.5) is 0 Å². The van der Waals surface area contributed by atoms with Gasteiger partial charge in [-0.05, 0) is 11.8 Å². The van der Waals surface area contributed by atoms with Crippen molar-refractivity contribution in [3.63, 3.8) is 0 Å². The monoisotopic (exact) mass is 113 g/mol. The average Bonchev–Trinajstić information content (AvgIpc) is 1.89. The van der Waals surface area contributed by atoms with Gasteiger partial charge in [0.1, 0.15) is 0 Å². The predicted octanol–water partition coefficient (Wildman–Crippen LogP) is 2.83. The van der Waals surface area contributed by atoms with Crippen LogP contribution < -0.4 is 0 Å². The van der Waals surface area contributed by atoms with E-state index in [4.69, 9.17) is 17.8 Å². The van der Waals surface area contributed by atoms with Crippen LogP contribution >= 0.6 is 0 Å². The first-order valence-electron chi connectivity index (χ1n) is 8.25. The van der Waals surface area contributed by atoms with E-state index in [1.54, 1.807) is 0 Å². The van der Waals surface area contributed by atoms with Gasteiger partial charge in [-0.25, -0.2) is 0 Å². The van der Waals surface area contributed by atoms with Gasteiger partial charge in [-0.1, -0.05) is 33.9 Å². The smallest absolute Gasteiger partial charge is 0.0272 e. The Hall–Kier alpha value is 0. The fraction of sp³-hybridized carbons (Fsp3) is 1.00. The zero-order chi connectivity index (χ0) is 17.0. The second-order valence-electron chi connectivity index (χ2n) is 1.12. The van der Waals surface area contributed by atoms with Gasteiger partial charge in [-0.2, -0.15) is 0 Å². The Morgan fingerprint density at radius 2 is 2.14 bits per heavy atom. The van der Waals surface area contributed by atoms with Crippen LogP contribution in [0.2, 0.25) is 0 Å². The first-order chi connectivity index (χ1) is 8.25. The third-order valence-corrected chi connectivity index (χ3v) is 0.312. The van der Waals surface area contributed by atoms with Crippen molar-refractivity contribution >= 4 is 0 Å². The van der Waals surface area contributed by atoms with Gasteiger partial charge in [-0.15, -0.1) is 0 Å². The summed E-state index contributed by atoms with van der Waals surface area (Å²) < 4.78 is 95.7. The molecule has 0 radical (unpaired) electrons. The van der Waals surface area contributed by atoms with Gasteiger partial charge in [0.2, 0.25) is 0 Å². The van der Waals surface area contributed by atoms with Crippen molar-refractivity contribution in [1.82, 2.24) is 0 Å². The van der Waals surface area contributed by atoms with Crippen molar-refractivity contribution in [2.45, 2.75) is 40.2 Å². The number of rotatable bonds is 1. The van der Waals surface area contributed by atoms with Gasteiger partial charge in [0.15, 0.2) is 0 Å². The Bertz CT molecular complexity index is 311. The van der Waals surface area contributed by atoms with Crippen molar-refractivity contribution in [2.24, 2.45) is 5.41 Å². The highest BCUT2D eigenvalue weighted by atomic mass is 14.1. The Morgan fingerprint density at radius 3 is 2.29 bits per heavy atom. The average molecular weight is 113 g/mol. The van der Waals surface area contributed by atoms with E-state index in [1.807, 2.05) is 0 Å². The van der Waals surface area contributed by atoms with Crippen LogP contribution in [0.3, 0.4) is 0 Å². The molecule has 0 N–H and O–H groups in total. The third-order valence-electron chi connectivity index (χ3n) is 0.312. The van der Waals surface area contributed by atoms with Crippen molar-refractivity contribution in [3.8, 4) is 0 Å². The Labute approximate surface area is 65.2 Å². The molecule has 0 amide bonds. The quantitative estimate of drug-likeness (QED) is 0.490. The molecule has 7 heavy (non-hydrogen) atoms. The minimum Gasteiger partial charge on any atom is -0.0654 e. The van der Waals surface area contributed by atoms with Gasteiger partial charge >= 0.3 is 0 Å². The lowest BCUT2D eigenvalue weighted by atomic mass is 9.91. The minimum atomic E-state index is -3.85. The second kappa shape index (κ2) is 2.34. The van der Waals surface area contributed by atoms with Crippen LogP contribution in [0.25, 0.3) is 0 Å². The maximum Gasteiger partial charge on any atom is 0.0272 e. The largest absolute Gasteiger partial charge is 0.0654 e. The summed E-state index contributed by atoms with van der Waals surface area (Å²) in [4.78, 5) is 0. The molecule has 0 nitrogen and oxygen atoms in total. The third kappa shape index (κ3) is 6.00. The highest BCUT2D eigenvalue weighted by molar-refractivity contribution is 4.58. The molecular weight excluding hydrogens is 84.1 g/mol. The Kier molecular flexibility index (Phi) is 0.234. The van der Waals surface area contributed by atoms with Crippen LogP contribution in [0.15, 0.2) is 0 Å². The summed E-state index contributed by atoms with van der Waals surface area (Å²) in [7, 11) is 0. The van der Waals surface area contributed by atoms with E-state index >= 15 is 0 Å².